The SMILES string of the molecule is CC1=NN(Cc2ccc(Cl)c(Cl)c2)c2nc3c(c(=O)n(C)c(=O)n3C)n2C1. The van der Waals surface area contributed by atoms with Crippen molar-refractivity contribution in [2.75, 3.05) is 5.01 Å². The Kier molecular flexibility index (Phi) is 4.12. The Hall–Kier alpha value is -2.58. The molecule has 1 aliphatic rings. The highest BCUT2D eigenvalue weighted by molar-refractivity contribution is 6.42. The van der Waals surface area contributed by atoms with Crippen molar-refractivity contribution < 1.29 is 0 Å². The predicted octanol–water partition coefficient (Wildman–Crippen LogP) is 2.14. The molecule has 0 saturated carbocycles. The van der Waals surface area contributed by atoms with Crippen molar-refractivity contribution in [2.45, 2.75) is 20.0 Å². The van der Waals surface area contributed by atoms with Gasteiger partial charge in [-0.1, -0.05) is 29.3 Å². The van der Waals surface area contributed by atoms with Crippen molar-refractivity contribution in [1.82, 2.24) is 18.7 Å². The largest absolute Gasteiger partial charge is 0.332 e. The fraction of sp³-hybridized carbons (Fsp3) is 0.294. The number of aromatic nitrogens is 4. The molecular formula is C17H16Cl2N6O2. The molecule has 0 N–H and O–H groups in total. The summed E-state index contributed by atoms with van der Waals surface area (Å²) in [6.45, 7) is 2.70. The van der Waals surface area contributed by atoms with E-state index >= 15 is 0 Å². The van der Waals surface area contributed by atoms with Crippen LogP contribution in [0, 0.1) is 0 Å². The van der Waals surface area contributed by atoms with E-state index in [1.54, 1.807) is 28.8 Å². The minimum Gasteiger partial charge on any atom is -0.297 e. The molecule has 0 unspecified atom stereocenters. The third-order valence-corrected chi connectivity index (χ3v) is 5.29. The van der Waals surface area contributed by atoms with Crippen LogP contribution in [0.1, 0.15) is 12.5 Å². The number of aryl methyl sites for hydroxylation is 1. The zero-order valence-corrected chi connectivity index (χ0v) is 16.4. The Labute approximate surface area is 163 Å². The van der Waals surface area contributed by atoms with Gasteiger partial charge in [-0.3, -0.25) is 18.5 Å². The van der Waals surface area contributed by atoms with Gasteiger partial charge in [0.15, 0.2) is 11.2 Å². The van der Waals surface area contributed by atoms with E-state index in [-0.39, 0.29) is 5.56 Å². The summed E-state index contributed by atoms with van der Waals surface area (Å²) in [7, 11) is 3.06. The molecule has 0 radical (unpaired) electrons. The lowest BCUT2D eigenvalue weighted by Crippen LogP contribution is -2.38. The van der Waals surface area contributed by atoms with Crippen molar-refractivity contribution in [1.29, 1.82) is 0 Å². The van der Waals surface area contributed by atoms with Crippen molar-refractivity contribution in [3.05, 3.63) is 54.6 Å². The highest BCUT2D eigenvalue weighted by Crippen LogP contribution is 2.27. The van der Waals surface area contributed by atoms with Gasteiger partial charge in [0.2, 0.25) is 5.95 Å². The summed E-state index contributed by atoms with van der Waals surface area (Å²) in [5, 5.41) is 7.19. The molecule has 8 nitrogen and oxygen atoms in total. The topological polar surface area (TPSA) is 77.4 Å². The smallest absolute Gasteiger partial charge is 0.297 e. The van der Waals surface area contributed by atoms with Gasteiger partial charge in [-0.2, -0.15) is 10.1 Å². The second kappa shape index (κ2) is 6.24. The zero-order chi connectivity index (χ0) is 19.5. The van der Waals surface area contributed by atoms with Crippen LogP contribution in [0.4, 0.5) is 5.95 Å². The number of hydrazone groups is 1. The van der Waals surface area contributed by atoms with Crippen LogP contribution in [0.5, 0.6) is 0 Å². The zero-order valence-electron chi connectivity index (χ0n) is 14.9. The molecule has 0 atom stereocenters. The number of hydrogen-bond donors (Lipinski definition) is 0. The van der Waals surface area contributed by atoms with Crippen LogP contribution in [0.15, 0.2) is 32.9 Å². The number of imidazole rings is 1. The average molecular weight is 407 g/mol. The fourth-order valence-electron chi connectivity index (χ4n) is 3.21. The van der Waals surface area contributed by atoms with Crippen LogP contribution in [0.25, 0.3) is 11.2 Å². The number of rotatable bonds is 2. The highest BCUT2D eigenvalue weighted by atomic mass is 35.5. The van der Waals surface area contributed by atoms with E-state index in [9.17, 15) is 9.59 Å². The molecule has 27 heavy (non-hydrogen) atoms. The van der Waals surface area contributed by atoms with Gasteiger partial charge in [-0.15, -0.1) is 0 Å². The van der Waals surface area contributed by atoms with E-state index < -0.39 is 5.69 Å². The summed E-state index contributed by atoms with van der Waals surface area (Å²) in [6, 6.07) is 5.35. The Morgan fingerprint density at radius 2 is 1.85 bits per heavy atom. The third-order valence-electron chi connectivity index (χ3n) is 4.55. The lowest BCUT2D eigenvalue weighted by atomic mass is 10.2. The van der Waals surface area contributed by atoms with E-state index in [1.807, 2.05) is 13.0 Å². The first-order chi connectivity index (χ1) is 12.8. The molecule has 2 aromatic heterocycles. The van der Waals surface area contributed by atoms with E-state index in [4.69, 9.17) is 23.2 Å². The molecule has 3 heterocycles. The van der Waals surface area contributed by atoms with Crippen molar-refractivity contribution in [3.63, 3.8) is 0 Å². The number of halogens is 2. The maximum Gasteiger partial charge on any atom is 0.332 e. The van der Waals surface area contributed by atoms with Gasteiger partial charge >= 0.3 is 5.69 Å². The van der Waals surface area contributed by atoms with Gasteiger partial charge in [-0.25, -0.2) is 9.80 Å². The molecule has 1 aliphatic heterocycles. The lowest BCUT2D eigenvalue weighted by molar-refractivity contribution is 0.698. The minimum absolute atomic E-state index is 0.335. The summed E-state index contributed by atoms with van der Waals surface area (Å²) in [5.74, 6) is 0.500. The quantitative estimate of drug-likeness (QED) is 0.652. The monoisotopic (exact) mass is 406 g/mol. The Bertz CT molecular complexity index is 1240. The molecule has 0 amide bonds. The normalized spacial score (nSPS) is 13.8. The Morgan fingerprint density at radius 3 is 2.56 bits per heavy atom. The first-order valence-electron chi connectivity index (χ1n) is 8.19. The first-order valence-corrected chi connectivity index (χ1v) is 8.95. The number of nitrogens with zero attached hydrogens (tertiary/aromatic N) is 6. The molecule has 10 heteroatoms. The van der Waals surface area contributed by atoms with E-state index in [0.717, 1.165) is 15.8 Å². The molecule has 0 aliphatic carbocycles. The second-order valence-corrected chi connectivity index (χ2v) is 7.33. The summed E-state index contributed by atoms with van der Waals surface area (Å²) < 4.78 is 4.24. The number of anilines is 1. The number of fused-ring (bicyclic) bond motifs is 3. The predicted molar refractivity (Wildman–Crippen MR) is 106 cm³/mol. The van der Waals surface area contributed by atoms with Crippen LogP contribution < -0.4 is 16.3 Å². The molecule has 140 valence electrons. The molecular weight excluding hydrogens is 391 g/mol. The molecule has 0 bridgehead atoms. The van der Waals surface area contributed by atoms with Gasteiger partial charge in [-0.05, 0) is 24.6 Å². The molecule has 1 aromatic carbocycles. The summed E-state index contributed by atoms with van der Waals surface area (Å²) in [5.41, 5.74) is 1.62. The van der Waals surface area contributed by atoms with Gasteiger partial charge in [0.05, 0.1) is 28.8 Å². The Morgan fingerprint density at radius 1 is 1.11 bits per heavy atom. The lowest BCUT2D eigenvalue weighted by Gasteiger charge is -2.25. The highest BCUT2D eigenvalue weighted by Gasteiger charge is 2.26. The average Bonchev–Trinajstić information content (AvgIpc) is 3.01. The summed E-state index contributed by atoms with van der Waals surface area (Å²) in [4.78, 5) is 29.5. The maximum absolute atomic E-state index is 12.7. The third kappa shape index (κ3) is 2.76. The Balaban J connectivity index is 1.90. The van der Waals surface area contributed by atoms with Crippen molar-refractivity contribution >= 4 is 46.0 Å². The van der Waals surface area contributed by atoms with Crippen molar-refractivity contribution in [2.24, 2.45) is 19.2 Å². The standard InChI is InChI=1S/C17H16Cl2N6O2/c1-9-7-24-13-14(22(2)17(27)23(3)15(13)26)20-16(24)25(21-9)8-10-4-5-11(18)12(19)6-10/h4-6H,7-8H2,1-3H3. The van der Waals surface area contributed by atoms with Gasteiger partial charge in [0.1, 0.15) is 0 Å². The maximum atomic E-state index is 12.7. The first kappa shape index (κ1) is 17.8. The summed E-state index contributed by atoms with van der Waals surface area (Å²) in [6.07, 6.45) is 0. The van der Waals surface area contributed by atoms with Gasteiger partial charge in [0.25, 0.3) is 5.56 Å². The van der Waals surface area contributed by atoms with Crippen molar-refractivity contribution in [3.8, 4) is 0 Å². The second-order valence-electron chi connectivity index (χ2n) is 6.52. The molecule has 0 spiro atoms. The van der Waals surface area contributed by atoms with E-state index in [2.05, 4.69) is 10.1 Å². The van der Waals surface area contributed by atoms with Crippen LogP contribution in [-0.4, -0.2) is 24.4 Å². The van der Waals surface area contributed by atoms with Crippen LogP contribution in [0.2, 0.25) is 10.0 Å². The molecule has 0 saturated heterocycles. The van der Waals surface area contributed by atoms with E-state index in [0.29, 0.717) is 40.2 Å². The van der Waals surface area contributed by atoms with Crippen LogP contribution >= 0.6 is 23.2 Å². The molecule has 0 fully saturated rings. The van der Waals surface area contributed by atoms with Gasteiger partial charge in [0, 0.05) is 14.1 Å². The molecule has 3 aromatic rings. The van der Waals surface area contributed by atoms with Crippen LogP contribution in [-0.2, 0) is 27.2 Å². The van der Waals surface area contributed by atoms with Gasteiger partial charge < -0.3 is 0 Å². The fourth-order valence-corrected chi connectivity index (χ4v) is 3.53. The minimum atomic E-state index is -0.420. The van der Waals surface area contributed by atoms with Crippen LogP contribution in [0.3, 0.4) is 0 Å². The van der Waals surface area contributed by atoms with E-state index in [1.165, 1.54) is 11.6 Å². The molecule has 4 rings (SSSR count). The number of hydrogen-bond acceptors (Lipinski definition) is 5. The summed E-state index contributed by atoms with van der Waals surface area (Å²) >= 11 is 12.1. The number of benzene rings is 1.